The first kappa shape index (κ1) is 10.1. The van der Waals surface area contributed by atoms with Gasteiger partial charge in [0.15, 0.2) is 11.6 Å². The maximum absolute atomic E-state index is 11.9. The molecule has 0 spiro atoms. The molecule has 2 aromatic heterocycles. The Bertz CT molecular complexity index is 732. The van der Waals surface area contributed by atoms with Gasteiger partial charge >= 0.3 is 0 Å². The topological polar surface area (TPSA) is 58.9 Å². The largest absolute Gasteiger partial charge is 0.461 e. The summed E-state index contributed by atoms with van der Waals surface area (Å²) in [7, 11) is 0. The van der Waals surface area contributed by atoms with Gasteiger partial charge in [0.25, 0.3) is 5.56 Å². The van der Waals surface area contributed by atoms with Crippen molar-refractivity contribution in [2.75, 3.05) is 0 Å². The van der Waals surface area contributed by atoms with Crippen LogP contribution in [0.3, 0.4) is 0 Å². The number of aromatic amines is 1. The smallest absolute Gasteiger partial charge is 0.259 e. The van der Waals surface area contributed by atoms with Crippen LogP contribution in [0.5, 0.6) is 0 Å². The Morgan fingerprint density at radius 3 is 2.94 bits per heavy atom. The van der Waals surface area contributed by atoms with Gasteiger partial charge in [0.1, 0.15) is 0 Å². The van der Waals surface area contributed by atoms with E-state index in [1.165, 1.54) is 6.26 Å². The molecule has 17 heavy (non-hydrogen) atoms. The van der Waals surface area contributed by atoms with Gasteiger partial charge in [-0.2, -0.15) is 0 Å². The first-order chi connectivity index (χ1) is 8.24. The van der Waals surface area contributed by atoms with Crippen molar-refractivity contribution in [2.45, 2.75) is 0 Å². The second kappa shape index (κ2) is 3.75. The van der Waals surface area contributed by atoms with Gasteiger partial charge in [-0.05, 0) is 30.3 Å². The molecule has 0 atom stereocenters. The van der Waals surface area contributed by atoms with Crippen molar-refractivity contribution in [1.29, 1.82) is 0 Å². The summed E-state index contributed by atoms with van der Waals surface area (Å²) < 4.78 is 5.19. The third-order valence-electron chi connectivity index (χ3n) is 2.42. The Hall–Kier alpha value is -2.07. The van der Waals surface area contributed by atoms with Crippen molar-refractivity contribution in [2.24, 2.45) is 0 Å². The standard InChI is InChI=1S/C12H7ClN2O2/c13-7-3-4-9-8(6-7)12(16)15-11(14-9)10-2-1-5-17-10/h1-6H,(H,14,15,16). The van der Waals surface area contributed by atoms with Gasteiger partial charge in [0, 0.05) is 5.02 Å². The molecule has 5 heteroatoms. The summed E-state index contributed by atoms with van der Waals surface area (Å²) in [5.41, 5.74) is 0.355. The lowest BCUT2D eigenvalue weighted by Gasteiger charge is -2.00. The number of furan rings is 1. The minimum absolute atomic E-state index is 0.232. The number of aromatic nitrogens is 2. The maximum atomic E-state index is 11.9. The fourth-order valence-electron chi connectivity index (χ4n) is 1.64. The number of nitrogens with one attached hydrogen (secondary N) is 1. The summed E-state index contributed by atoms with van der Waals surface area (Å²) in [5.74, 6) is 0.939. The van der Waals surface area contributed by atoms with Gasteiger partial charge < -0.3 is 9.40 Å². The highest BCUT2D eigenvalue weighted by Gasteiger charge is 2.07. The van der Waals surface area contributed by atoms with Crippen LogP contribution in [0, 0.1) is 0 Å². The number of nitrogens with zero attached hydrogens (tertiary/aromatic N) is 1. The van der Waals surface area contributed by atoms with Crippen molar-refractivity contribution < 1.29 is 4.42 Å². The lowest BCUT2D eigenvalue weighted by atomic mass is 10.2. The van der Waals surface area contributed by atoms with E-state index in [1.54, 1.807) is 30.3 Å². The molecular formula is C12H7ClN2O2. The third-order valence-corrected chi connectivity index (χ3v) is 2.66. The number of halogens is 1. The van der Waals surface area contributed by atoms with Crippen LogP contribution in [0.2, 0.25) is 5.02 Å². The van der Waals surface area contributed by atoms with Crippen LogP contribution in [-0.2, 0) is 0 Å². The Labute approximate surface area is 101 Å². The van der Waals surface area contributed by atoms with E-state index in [0.29, 0.717) is 27.5 Å². The minimum atomic E-state index is -0.232. The second-order valence-electron chi connectivity index (χ2n) is 3.55. The number of hydrogen-bond acceptors (Lipinski definition) is 3. The molecule has 0 saturated carbocycles. The van der Waals surface area contributed by atoms with Crippen LogP contribution >= 0.6 is 11.6 Å². The van der Waals surface area contributed by atoms with Gasteiger partial charge in [-0.3, -0.25) is 4.79 Å². The maximum Gasteiger partial charge on any atom is 0.259 e. The van der Waals surface area contributed by atoms with E-state index < -0.39 is 0 Å². The summed E-state index contributed by atoms with van der Waals surface area (Å²) in [4.78, 5) is 18.8. The van der Waals surface area contributed by atoms with Crippen LogP contribution in [-0.4, -0.2) is 9.97 Å². The monoisotopic (exact) mass is 246 g/mol. The van der Waals surface area contributed by atoms with Gasteiger partial charge in [0.2, 0.25) is 0 Å². The van der Waals surface area contributed by atoms with E-state index in [4.69, 9.17) is 16.0 Å². The number of rotatable bonds is 1. The Kier molecular flexibility index (Phi) is 2.23. The summed E-state index contributed by atoms with van der Waals surface area (Å²) in [6, 6.07) is 8.47. The van der Waals surface area contributed by atoms with Crippen LogP contribution < -0.4 is 5.56 Å². The SMILES string of the molecule is O=c1[nH]c(-c2ccco2)nc2ccc(Cl)cc12. The highest BCUT2D eigenvalue weighted by Crippen LogP contribution is 2.18. The molecule has 0 fully saturated rings. The molecule has 0 aliphatic rings. The average Bonchev–Trinajstić information content (AvgIpc) is 2.83. The van der Waals surface area contributed by atoms with Gasteiger partial charge in [-0.15, -0.1) is 0 Å². The molecule has 1 aromatic carbocycles. The minimum Gasteiger partial charge on any atom is -0.461 e. The Balaban J connectivity index is 2.32. The van der Waals surface area contributed by atoms with Crippen LogP contribution in [0.1, 0.15) is 0 Å². The Morgan fingerprint density at radius 1 is 1.29 bits per heavy atom. The number of benzene rings is 1. The molecule has 4 nitrogen and oxygen atoms in total. The summed E-state index contributed by atoms with van der Waals surface area (Å²) in [6.45, 7) is 0. The molecule has 0 unspecified atom stereocenters. The highest BCUT2D eigenvalue weighted by molar-refractivity contribution is 6.31. The lowest BCUT2D eigenvalue weighted by molar-refractivity contribution is 0.577. The van der Waals surface area contributed by atoms with E-state index in [2.05, 4.69) is 9.97 Å². The number of H-pyrrole nitrogens is 1. The molecule has 84 valence electrons. The van der Waals surface area contributed by atoms with Gasteiger partial charge in [-0.1, -0.05) is 11.6 Å². The van der Waals surface area contributed by atoms with Crippen molar-refractivity contribution in [3.8, 4) is 11.6 Å². The zero-order chi connectivity index (χ0) is 11.8. The average molecular weight is 247 g/mol. The predicted molar refractivity (Wildman–Crippen MR) is 65.1 cm³/mol. The molecule has 2 heterocycles. The first-order valence-electron chi connectivity index (χ1n) is 4.97. The summed E-state index contributed by atoms with van der Waals surface area (Å²) >= 11 is 5.83. The van der Waals surface area contributed by atoms with Crippen LogP contribution in [0.4, 0.5) is 0 Å². The van der Waals surface area contributed by atoms with Crippen LogP contribution in [0.25, 0.3) is 22.5 Å². The molecule has 0 bridgehead atoms. The number of fused-ring (bicyclic) bond motifs is 1. The van der Waals surface area contributed by atoms with E-state index in [-0.39, 0.29) is 5.56 Å². The molecule has 3 rings (SSSR count). The first-order valence-corrected chi connectivity index (χ1v) is 5.35. The molecular weight excluding hydrogens is 240 g/mol. The van der Waals surface area contributed by atoms with Gasteiger partial charge in [-0.25, -0.2) is 4.98 Å². The second-order valence-corrected chi connectivity index (χ2v) is 3.99. The Morgan fingerprint density at radius 2 is 2.18 bits per heavy atom. The van der Waals surface area contributed by atoms with E-state index in [9.17, 15) is 4.79 Å². The van der Waals surface area contributed by atoms with Crippen molar-refractivity contribution in [3.63, 3.8) is 0 Å². The van der Waals surface area contributed by atoms with Crippen molar-refractivity contribution in [1.82, 2.24) is 9.97 Å². The normalized spacial score (nSPS) is 10.9. The van der Waals surface area contributed by atoms with Gasteiger partial charge in [0.05, 0.1) is 17.2 Å². The molecule has 0 saturated heterocycles. The molecule has 3 aromatic rings. The van der Waals surface area contributed by atoms with E-state index in [1.807, 2.05) is 0 Å². The predicted octanol–water partition coefficient (Wildman–Crippen LogP) is 2.84. The third kappa shape index (κ3) is 1.72. The molecule has 0 amide bonds. The summed E-state index contributed by atoms with van der Waals surface area (Å²) in [5, 5.41) is 0.975. The highest BCUT2D eigenvalue weighted by atomic mass is 35.5. The quantitative estimate of drug-likeness (QED) is 0.718. The summed E-state index contributed by atoms with van der Waals surface area (Å²) in [6.07, 6.45) is 1.53. The fourth-order valence-corrected chi connectivity index (χ4v) is 1.81. The number of hydrogen-bond donors (Lipinski definition) is 1. The lowest BCUT2D eigenvalue weighted by Crippen LogP contribution is -2.09. The fraction of sp³-hybridized carbons (Fsp3) is 0. The van der Waals surface area contributed by atoms with E-state index in [0.717, 1.165) is 0 Å². The zero-order valence-electron chi connectivity index (χ0n) is 8.61. The van der Waals surface area contributed by atoms with E-state index >= 15 is 0 Å². The van der Waals surface area contributed by atoms with Crippen molar-refractivity contribution in [3.05, 3.63) is 52.0 Å². The van der Waals surface area contributed by atoms with Crippen molar-refractivity contribution >= 4 is 22.5 Å². The van der Waals surface area contributed by atoms with Crippen LogP contribution in [0.15, 0.2) is 45.8 Å². The molecule has 0 radical (unpaired) electrons. The molecule has 1 N–H and O–H groups in total. The molecule has 0 aliphatic carbocycles. The zero-order valence-corrected chi connectivity index (χ0v) is 9.36. The molecule has 0 aliphatic heterocycles.